The Morgan fingerprint density at radius 2 is 2.00 bits per heavy atom. The fourth-order valence-electron chi connectivity index (χ4n) is 3.63. The Labute approximate surface area is 183 Å². The predicted octanol–water partition coefficient (Wildman–Crippen LogP) is 0.759. The molecule has 30 heavy (non-hydrogen) atoms. The maximum atomic E-state index is 12.7. The third-order valence-corrected chi connectivity index (χ3v) is 7.37. The van der Waals surface area contributed by atoms with E-state index in [1.807, 2.05) is 0 Å². The number of sulfonamides is 1. The van der Waals surface area contributed by atoms with Crippen molar-refractivity contribution in [2.24, 2.45) is 5.73 Å². The Kier molecular flexibility index (Phi) is 7.17. The van der Waals surface area contributed by atoms with Crippen LogP contribution in [0.5, 0.6) is 0 Å². The number of halogens is 1. The molecule has 9 nitrogen and oxygen atoms in total. The summed E-state index contributed by atoms with van der Waals surface area (Å²) in [4.78, 5) is 40.2. The van der Waals surface area contributed by atoms with Crippen LogP contribution >= 0.6 is 22.9 Å². The van der Waals surface area contributed by atoms with Gasteiger partial charge in [-0.1, -0.05) is 11.6 Å². The molecule has 3 rings (SSSR count). The molecule has 0 saturated carbocycles. The van der Waals surface area contributed by atoms with Crippen LogP contribution in [0, 0.1) is 0 Å². The standard InChI is InChI=1S/C18H23ClN4O5S2/c19-15-6-5-12(29-15)7-10-30(27,28)21-13-3-1-8-22(18(13)26)11-16(24)23-9-2-4-14(23)17(20)25/h5-7,10,13-14,21H,1-4,8-9,11H2,(H2,20,25)/b10-7+. The minimum atomic E-state index is -3.86. The molecular formula is C18H23ClN4O5S2. The number of carbonyl (C=O) groups is 3. The van der Waals surface area contributed by atoms with E-state index in [1.54, 1.807) is 12.1 Å². The maximum Gasteiger partial charge on any atom is 0.242 e. The van der Waals surface area contributed by atoms with Gasteiger partial charge >= 0.3 is 0 Å². The third-order valence-electron chi connectivity index (χ3n) is 5.07. The molecule has 0 spiro atoms. The van der Waals surface area contributed by atoms with Crippen LogP contribution in [0.2, 0.25) is 4.34 Å². The van der Waals surface area contributed by atoms with Gasteiger partial charge in [0.05, 0.1) is 10.9 Å². The number of nitrogens with two attached hydrogens (primary N) is 1. The van der Waals surface area contributed by atoms with Crippen LogP contribution in [0.25, 0.3) is 6.08 Å². The van der Waals surface area contributed by atoms with Crippen LogP contribution in [0.1, 0.15) is 30.6 Å². The average molecular weight is 475 g/mol. The average Bonchev–Trinajstić information content (AvgIpc) is 3.32. The van der Waals surface area contributed by atoms with Crippen molar-refractivity contribution in [1.82, 2.24) is 14.5 Å². The highest BCUT2D eigenvalue weighted by molar-refractivity contribution is 7.92. The Hall–Kier alpha value is -1.95. The number of hydrogen-bond donors (Lipinski definition) is 2. The fraction of sp³-hybridized carbons (Fsp3) is 0.500. The van der Waals surface area contributed by atoms with E-state index < -0.39 is 33.9 Å². The molecule has 3 heterocycles. The quantitative estimate of drug-likeness (QED) is 0.602. The van der Waals surface area contributed by atoms with Crippen LogP contribution in [0.4, 0.5) is 0 Å². The van der Waals surface area contributed by atoms with Crippen molar-refractivity contribution < 1.29 is 22.8 Å². The molecule has 2 saturated heterocycles. The molecule has 1 aromatic rings. The van der Waals surface area contributed by atoms with E-state index in [-0.39, 0.29) is 12.5 Å². The zero-order valence-electron chi connectivity index (χ0n) is 16.1. The minimum absolute atomic E-state index is 0.204. The highest BCUT2D eigenvalue weighted by atomic mass is 35.5. The number of hydrogen-bond acceptors (Lipinski definition) is 6. The van der Waals surface area contributed by atoms with Crippen LogP contribution in [-0.4, -0.2) is 67.7 Å². The van der Waals surface area contributed by atoms with E-state index in [0.717, 1.165) is 5.41 Å². The molecule has 164 valence electrons. The first kappa shape index (κ1) is 22.7. The lowest BCUT2D eigenvalue weighted by Gasteiger charge is -2.33. The second-order valence-corrected chi connectivity index (χ2v) is 10.6. The van der Waals surface area contributed by atoms with Crippen molar-refractivity contribution in [3.05, 3.63) is 26.8 Å². The molecular weight excluding hydrogens is 452 g/mol. The maximum absolute atomic E-state index is 12.7. The molecule has 2 aliphatic heterocycles. The molecule has 1 aromatic heterocycles. The van der Waals surface area contributed by atoms with E-state index in [4.69, 9.17) is 17.3 Å². The second kappa shape index (κ2) is 9.46. The molecule has 12 heteroatoms. The number of rotatable bonds is 7. The van der Waals surface area contributed by atoms with Gasteiger partial charge in [-0.25, -0.2) is 8.42 Å². The Morgan fingerprint density at radius 3 is 2.67 bits per heavy atom. The van der Waals surface area contributed by atoms with Gasteiger partial charge in [0.1, 0.15) is 12.1 Å². The first-order chi connectivity index (χ1) is 14.2. The van der Waals surface area contributed by atoms with Gasteiger partial charge in [-0.05, 0) is 43.9 Å². The van der Waals surface area contributed by atoms with E-state index in [1.165, 1.54) is 27.2 Å². The molecule has 0 bridgehead atoms. The van der Waals surface area contributed by atoms with Gasteiger partial charge in [0.15, 0.2) is 0 Å². The van der Waals surface area contributed by atoms with Crippen molar-refractivity contribution in [1.29, 1.82) is 0 Å². The van der Waals surface area contributed by atoms with E-state index in [0.29, 0.717) is 48.0 Å². The van der Waals surface area contributed by atoms with Crippen LogP contribution in [-0.2, 0) is 24.4 Å². The molecule has 2 atom stereocenters. The van der Waals surface area contributed by atoms with Gasteiger partial charge in [-0.15, -0.1) is 11.3 Å². The summed E-state index contributed by atoms with van der Waals surface area (Å²) < 4.78 is 27.6. The number of nitrogens with zero attached hydrogens (tertiary/aromatic N) is 2. The van der Waals surface area contributed by atoms with Gasteiger partial charge in [0, 0.05) is 23.4 Å². The number of nitrogens with one attached hydrogen (secondary N) is 1. The first-order valence-electron chi connectivity index (χ1n) is 9.49. The van der Waals surface area contributed by atoms with Crippen molar-refractivity contribution >= 4 is 56.8 Å². The lowest BCUT2D eigenvalue weighted by atomic mass is 10.1. The SMILES string of the molecule is NC(=O)C1CCCN1C(=O)CN1CCCC(NS(=O)(=O)/C=C/c2ccc(Cl)s2)C1=O. The van der Waals surface area contributed by atoms with E-state index in [2.05, 4.69) is 4.72 Å². The summed E-state index contributed by atoms with van der Waals surface area (Å²) in [6.07, 6.45) is 3.49. The van der Waals surface area contributed by atoms with Crippen LogP contribution < -0.4 is 10.5 Å². The number of amides is 3. The number of primary amides is 1. The fourth-order valence-corrected chi connectivity index (χ4v) is 5.70. The summed E-state index contributed by atoms with van der Waals surface area (Å²) in [6.45, 7) is 0.563. The van der Waals surface area contributed by atoms with Gasteiger partial charge in [-0.2, -0.15) is 4.72 Å². The molecule has 3 N–H and O–H groups in total. The van der Waals surface area contributed by atoms with Crippen molar-refractivity contribution in [2.45, 2.75) is 37.8 Å². The predicted molar refractivity (Wildman–Crippen MR) is 114 cm³/mol. The molecule has 0 radical (unpaired) electrons. The lowest BCUT2D eigenvalue weighted by molar-refractivity contribution is -0.144. The number of carbonyl (C=O) groups excluding carboxylic acids is 3. The summed E-state index contributed by atoms with van der Waals surface area (Å²) in [5.74, 6) is -1.38. The molecule has 2 aliphatic rings. The largest absolute Gasteiger partial charge is 0.368 e. The van der Waals surface area contributed by atoms with Crippen molar-refractivity contribution in [2.75, 3.05) is 19.6 Å². The Bertz CT molecular complexity index is 962. The first-order valence-corrected chi connectivity index (χ1v) is 12.2. The van der Waals surface area contributed by atoms with Crippen LogP contribution in [0.3, 0.4) is 0 Å². The van der Waals surface area contributed by atoms with E-state index >= 15 is 0 Å². The highest BCUT2D eigenvalue weighted by Gasteiger charge is 2.36. The highest BCUT2D eigenvalue weighted by Crippen LogP contribution is 2.23. The molecule has 2 fully saturated rings. The zero-order valence-corrected chi connectivity index (χ0v) is 18.5. The van der Waals surface area contributed by atoms with Gasteiger partial charge in [0.2, 0.25) is 27.7 Å². The van der Waals surface area contributed by atoms with Gasteiger partial charge < -0.3 is 15.5 Å². The Balaban J connectivity index is 1.61. The summed E-state index contributed by atoms with van der Waals surface area (Å²) in [6, 6.07) is 1.76. The number of likely N-dealkylation sites (tertiary alicyclic amines) is 2. The third kappa shape index (κ3) is 5.60. The lowest BCUT2D eigenvalue weighted by Crippen LogP contribution is -2.55. The Morgan fingerprint density at radius 1 is 1.27 bits per heavy atom. The minimum Gasteiger partial charge on any atom is -0.368 e. The number of piperidine rings is 1. The topological polar surface area (TPSA) is 130 Å². The monoisotopic (exact) mass is 474 g/mol. The molecule has 2 unspecified atom stereocenters. The van der Waals surface area contributed by atoms with E-state index in [9.17, 15) is 22.8 Å². The normalized spacial score (nSPS) is 22.8. The summed E-state index contributed by atoms with van der Waals surface area (Å²) in [5.41, 5.74) is 5.35. The van der Waals surface area contributed by atoms with Crippen molar-refractivity contribution in [3.8, 4) is 0 Å². The van der Waals surface area contributed by atoms with Crippen molar-refractivity contribution in [3.63, 3.8) is 0 Å². The summed E-state index contributed by atoms with van der Waals surface area (Å²) in [5, 5.41) is 0.994. The zero-order chi connectivity index (χ0) is 21.9. The molecule has 3 amide bonds. The van der Waals surface area contributed by atoms with Gasteiger partial charge in [-0.3, -0.25) is 14.4 Å². The summed E-state index contributed by atoms with van der Waals surface area (Å²) >= 11 is 7.06. The van der Waals surface area contributed by atoms with Crippen LogP contribution in [0.15, 0.2) is 17.5 Å². The molecule has 0 aliphatic carbocycles. The summed E-state index contributed by atoms with van der Waals surface area (Å²) in [7, 11) is -3.86. The molecule has 0 aromatic carbocycles. The smallest absolute Gasteiger partial charge is 0.242 e. The second-order valence-electron chi connectivity index (χ2n) is 7.21. The van der Waals surface area contributed by atoms with Gasteiger partial charge in [0.25, 0.3) is 0 Å². The number of thiophene rings is 1.